The van der Waals surface area contributed by atoms with Crippen molar-refractivity contribution in [3.8, 4) is 11.5 Å². The smallest absolute Gasteiger partial charge is 0.168 e. The molecule has 2 rings (SSSR count). The maximum atomic E-state index is 13.8. The summed E-state index contributed by atoms with van der Waals surface area (Å²) in [6.07, 6.45) is 0. The van der Waals surface area contributed by atoms with Gasteiger partial charge in [-0.25, -0.2) is 4.39 Å². The molecule has 0 unspecified atom stereocenters. The second-order valence-corrected chi connectivity index (χ2v) is 4.27. The van der Waals surface area contributed by atoms with Crippen molar-refractivity contribution in [1.82, 2.24) is 0 Å². The highest BCUT2D eigenvalue weighted by atomic mass is 35.5. The first-order valence-electron chi connectivity index (χ1n) is 5.44. The molecule has 0 aliphatic rings. The summed E-state index contributed by atoms with van der Waals surface area (Å²) in [6.45, 7) is 1.40. The zero-order valence-corrected chi connectivity index (χ0v) is 10.5. The van der Waals surface area contributed by atoms with Crippen molar-refractivity contribution in [3.63, 3.8) is 0 Å². The Kier molecular flexibility index (Phi) is 3.84. The van der Waals surface area contributed by atoms with Crippen LogP contribution in [0.5, 0.6) is 11.5 Å². The Morgan fingerprint density at radius 1 is 1.17 bits per heavy atom. The standard InChI is InChI=1S/C14H12ClFO2/c1-9-4-2-7-13(14(9)16)18-12-6-3-5-11(15)10(12)8-17/h2-7,17H,8H2,1H3. The quantitative estimate of drug-likeness (QED) is 0.907. The van der Waals surface area contributed by atoms with E-state index in [2.05, 4.69) is 0 Å². The van der Waals surface area contributed by atoms with E-state index in [1.54, 1.807) is 37.3 Å². The van der Waals surface area contributed by atoms with E-state index in [4.69, 9.17) is 16.3 Å². The number of aryl methyl sites for hydroxylation is 1. The van der Waals surface area contributed by atoms with Crippen molar-refractivity contribution in [3.05, 3.63) is 58.4 Å². The normalized spacial score (nSPS) is 10.4. The van der Waals surface area contributed by atoms with E-state index in [0.717, 1.165) is 0 Å². The van der Waals surface area contributed by atoms with Gasteiger partial charge in [-0.15, -0.1) is 0 Å². The van der Waals surface area contributed by atoms with Gasteiger partial charge in [0, 0.05) is 10.6 Å². The average Bonchev–Trinajstić information content (AvgIpc) is 2.35. The van der Waals surface area contributed by atoms with Crippen LogP contribution < -0.4 is 4.74 Å². The molecular formula is C14H12ClFO2. The van der Waals surface area contributed by atoms with E-state index in [1.807, 2.05) is 0 Å². The minimum atomic E-state index is -0.415. The molecule has 1 N–H and O–H groups in total. The minimum Gasteiger partial charge on any atom is -0.454 e. The predicted octanol–water partition coefficient (Wildman–Crippen LogP) is 4.07. The number of ether oxygens (including phenoxy) is 1. The summed E-state index contributed by atoms with van der Waals surface area (Å²) in [5.74, 6) is 0.0582. The molecule has 0 saturated carbocycles. The molecule has 2 nitrogen and oxygen atoms in total. The Morgan fingerprint density at radius 2 is 1.83 bits per heavy atom. The number of aliphatic hydroxyl groups is 1. The van der Waals surface area contributed by atoms with E-state index in [-0.39, 0.29) is 12.4 Å². The van der Waals surface area contributed by atoms with Gasteiger partial charge in [-0.05, 0) is 30.7 Å². The molecule has 18 heavy (non-hydrogen) atoms. The van der Waals surface area contributed by atoms with Crippen LogP contribution in [0.15, 0.2) is 36.4 Å². The largest absolute Gasteiger partial charge is 0.454 e. The molecule has 0 aliphatic carbocycles. The van der Waals surface area contributed by atoms with Crippen molar-refractivity contribution in [2.24, 2.45) is 0 Å². The van der Waals surface area contributed by atoms with Crippen LogP contribution in [0.4, 0.5) is 4.39 Å². The van der Waals surface area contributed by atoms with E-state index in [9.17, 15) is 9.50 Å². The first-order valence-corrected chi connectivity index (χ1v) is 5.82. The van der Waals surface area contributed by atoms with Crippen LogP contribution in [-0.4, -0.2) is 5.11 Å². The van der Waals surface area contributed by atoms with Crippen LogP contribution in [0.25, 0.3) is 0 Å². The molecular weight excluding hydrogens is 255 g/mol. The molecule has 0 fully saturated rings. The van der Waals surface area contributed by atoms with Gasteiger partial charge in [0.15, 0.2) is 11.6 Å². The molecule has 0 atom stereocenters. The van der Waals surface area contributed by atoms with Crippen LogP contribution in [0.3, 0.4) is 0 Å². The minimum absolute atomic E-state index is 0.118. The summed E-state index contributed by atoms with van der Waals surface area (Å²) < 4.78 is 19.3. The molecule has 94 valence electrons. The number of benzene rings is 2. The second-order valence-electron chi connectivity index (χ2n) is 3.86. The van der Waals surface area contributed by atoms with Gasteiger partial charge in [-0.1, -0.05) is 29.8 Å². The SMILES string of the molecule is Cc1cccc(Oc2cccc(Cl)c2CO)c1F. The van der Waals surface area contributed by atoms with Crippen LogP contribution in [0.1, 0.15) is 11.1 Å². The average molecular weight is 267 g/mol. The van der Waals surface area contributed by atoms with Crippen LogP contribution >= 0.6 is 11.6 Å². The van der Waals surface area contributed by atoms with Crippen LogP contribution in [-0.2, 0) is 6.61 Å². The van der Waals surface area contributed by atoms with E-state index >= 15 is 0 Å². The molecule has 0 aromatic heterocycles. The Hall–Kier alpha value is -1.58. The van der Waals surface area contributed by atoms with E-state index in [0.29, 0.717) is 21.9 Å². The molecule has 0 amide bonds. The number of aliphatic hydroxyl groups excluding tert-OH is 1. The van der Waals surface area contributed by atoms with Gasteiger partial charge in [0.25, 0.3) is 0 Å². The van der Waals surface area contributed by atoms with Crippen molar-refractivity contribution < 1.29 is 14.2 Å². The van der Waals surface area contributed by atoms with Gasteiger partial charge in [0.05, 0.1) is 6.61 Å². The van der Waals surface area contributed by atoms with Gasteiger partial charge in [-0.3, -0.25) is 0 Å². The fourth-order valence-electron chi connectivity index (χ4n) is 1.61. The van der Waals surface area contributed by atoms with Crippen molar-refractivity contribution in [2.45, 2.75) is 13.5 Å². The molecule has 0 bridgehead atoms. The lowest BCUT2D eigenvalue weighted by Gasteiger charge is -2.12. The highest BCUT2D eigenvalue weighted by Crippen LogP contribution is 2.32. The van der Waals surface area contributed by atoms with E-state index < -0.39 is 5.82 Å². The lowest BCUT2D eigenvalue weighted by Crippen LogP contribution is -1.95. The first kappa shape index (κ1) is 12.9. The number of hydrogen-bond donors (Lipinski definition) is 1. The highest BCUT2D eigenvalue weighted by Gasteiger charge is 2.11. The van der Waals surface area contributed by atoms with Gasteiger partial charge < -0.3 is 9.84 Å². The Balaban J connectivity index is 2.40. The van der Waals surface area contributed by atoms with Crippen LogP contribution in [0, 0.1) is 12.7 Å². The van der Waals surface area contributed by atoms with Gasteiger partial charge in [0.1, 0.15) is 5.75 Å². The second kappa shape index (κ2) is 5.38. The molecule has 0 spiro atoms. The first-order chi connectivity index (χ1) is 8.63. The molecule has 0 heterocycles. The summed E-state index contributed by atoms with van der Waals surface area (Å²) in [4.78, 5) is 0. The number of hydrogen-bond acceptors (Lipinski definition) is 2. The zero-order valence-electron chi connectivity index (χ0n) is 9.78. The fraction of sp³-hybridized carbons (Fsp3) is 0.143. The van der Waals surface area contributed by atoms with Crippen LogP contribution in [0.2, 0.25) is 5.02 Å². The maximum Gasteiger partial charge on any atom is 0.168 e. The van der Waals surface area contributed by atoms with Crippen molar-refractivity contribution in [1.29, 1.82) is 0 Å². The summed E-state index contributed by atoms with van der Waals surface area (Å²) >= 11 is 5.93. The lowest BCUT2D eigenvalue weighted by molar-refractivity contribution is 0.276. The lowest BCUT2D eigenvalue weighted by atomic mass is 10.2. The summed E-state index contributed by atoms with van der Waals surface area (Å²) in [5.41, 5.74) is 0.945. The molecule has 2 aromatic carbocycles. The summed E-state index contributed by atoms with van der Waals surface area (Å²) in [7, 11) is 0. The molecule has 0 saturated heterocycles. The van der Waals surface area contributed by atoms with Gasteiger partial charge in [-0.2, -0.15) is 0 Å². The summed E-state index contributed by atoms with van der Waals surface area (Å²) in [5, 5.41) is 9.63. The number of rotatable bonds is 3. The molecule has 2 aromatic rings. The van der Waals surface area contributed by atoms with Gasteiger partial charge >= 0.3 is 0 Å². The Morgan fingerprint density at radius 3 is 2.56 bits per heavy atom. The van der Waals surface area contributed by atoms with Gasteiger partial charge in [0.2, 0.25) is 0 Å². The maximum absolute atomic E-state index is 13.8. The van der Waals surface area contributed by atoms with Crippen molar-refractivity contribution >= 4 is 11.6 Å². The molecule has 0 aliphatic heterocycles. The Labute approximate surface area is 110 Å². The third-order valence-electron chi connectivity index (χ3n) is 2.61. The third-order valence-corrected chi connectivity index (χ3v) is 2.96. The highest BCUT2D eigenvalue weighted by molar-refractivity contribution is 6.31. The number of halogens is 2. The molecule has 4 heteroatoms. The predicted molar refractivity (Wildman–Crippen MR) is 68.6 cm³/mol. The van der Waals surface area contributed by atoms with E-state index in [1.165, 1.54) is 6.07 Å². The molecule has 0 radical (unpaired) electrons. The topological polar surface area (TPSA) is 29.5 Å². The van der Waals surface area contributed by atoms with Crippen molar-refractivity contribution in [2.75, 3.05) is 0 Å². The zero-order chi connectivity index (χ0) is 13.1. The Bertz CT molecular complexity index is 570. The summed E-state index contributed by atoms with van der Waals surface area (Å²) in [6, 6.07) is 9.87. The fourth-order valence-corrected chi connectivity index (χ4v) is 1.83. The third kappa shape index (κ3) is 2.47. The monoisotopic (exact) mass is 266 g/mol.